The molecule has 0 aliphatic rings. The molecule has 154 valence electrons. The summed E-state index contributed by atoms with van der Waals surface area (Å²) in [6, 6.07) is 7.92. The normalized spacial score (nSPS) is 13.0. The van der Waals surface area contributed by atoms with E-state index in [0.29, 0.717) is 16.7 Å². The second-order valence-corrected chi connectivity index (χ2v) is 10.7. The second-order valence-electron chi connectivity index (χ2n) is 6.76. The standard InChI is InChI=1S/C20H24ClF2NO2S2/c1-14(2)27-12-4-5-15(3)24(20-13-17(22)8-11-19(20)23)28(25,26)18-9-6-16(21)7-10-18/h6-11,13-15H,4-5,12H2,1-3H3. The highest BCUT2D eigenvalue weighted by atomic mass is 35.5. The largest absolute Gasteiger partial charge is 0.264 e. The van der Waals surface area contributed by atoms with Gasteiger partial charge in [0, 0.05) is 17.1 Å². The minimum absolute atomic E-state index is 0.0241. The zero-order chi connectivity index (χ0) is 20.9. The molecule has 0 N–H and O–H groups in total. The Hall–Kier alpha value is -1.31. The van der Waals surface area contributed by atoms with E-state index in [1.54, 1.807) is 18.7 Å². The van der Waals surface area contributed by atoms with Crippen LogP contribution in [0, 0.1) is 11.6 Å². The van der Waals surface area contributed by atoms with E-state index in [-0.39, 0.29) is 10.6 Å². The van der Waals surface area contributed by atoms with E-state index >= 15 is 0 Å². The van der Waals surface area contributed by atoms with Crippen LogP contribution in [-0.4, -0.2) is 25.5 Å². The number of halogens is 3. The molecule has 0 bridgehead atoms. The Balaban J connectivity index is 2.41. The van der Waals surface area contributed by atoms with Crippen molar-refractivity contribution >= 4 is 39.1 Å². The molecular weight excluding hydrogens is 424 g/mol. The van der Waals surface area contributed by atoms with Gasteiger partial charge in [0.05, 0.1) is 10.6 Å². The summed E-state index contributed by atoms with van der Waals surface area (Å²) >= 11 is 7.63. The van der Waals surface area contributed by atoms with E-state index < -0.39 is 27.7 Å². The number of anilines is 1. The number of benzene rings is 2. The molecule has 1 atom stereocenters. The molecule has 8 heteroatoms. The van der Waals surface area contributed by atoms with Crippen LogP contribution in [0.1, 0.15) is 33.6 Å². The van der Waals surface area contributed by atoms with E-state index in [1.807, 2.05) is 0 Å². The summed E-state index contributed by atoms with van der Waals surface area (Å²) in [6.45, 7) is 5.89. The molecule has 2 rings (SSSR count). The van der Waals surface area contributed by atoms with Gasteiger partial charge in [-0.3, -0.25) is 4.31 Å². The molecule has 2 aromatic carbocycles. The number of hydrogen-bond donors (Lipinski definition) is 0. The molecule has 0 heterocycles. The van der Waals surface area contributed by atoms with Gasteiger partial charge in [0.15, 0.2) is 0 Å². The molecule has 1 unspecified atom stereocenters. The van der Waals surface area contributed by atoms with E-state index in [2.05, 4.69) is 13.8 Å². The molecule has 0 aliphatic carbocycles. The van der Waals surface area contributed by atoms with E-state index in [9.17, 15) is 17.2 Å². The lowest BCUT2D eigenvalue weighted by atomic mass is 10.2. The highest BCUT2D eigenvalue weighted by Crippen LogP contribution is 2.31. The van der Waals surface area contributed by atoms with Gasteiger partial charge in [0.1, 0.15) is 11.6 Å². The van der Waals surface area contributed by atoms with Crippen molar-refractivity contribution in [3.05, 3.63) is 59.1 Å². The highest BCUT2D eigenvalue weighted by Gasteiger charge is 2.31. The van der Waals surface area contributed by atoms with Crippen molar-refractivity contribution in [2.75, 3.05) is 10.1 Å². The Morgan fingerprint density at radius 3 is 2.32 bits per heavy atom. The Labute approximate surface area is 175 Å². The van der Waals surface area contributed by atoms with Crippen LogP contribution in [0.25, 0.3) is 0 Å². The van der Waals surface area contributed by atoms with E-state index in [0.717, 1.165) is 34.7 Å². The summed E-state index contributed by atoms with van der Waals surface area (Å²) in [4.78, 5) is -0.0241. The van der Waals surface area contributed by atoms with Crippen LogP contribution >= 0.6 is 23.4 Å². The summed E-state index contributed by atoms with van der Waals surface area (Å²) in [5.41, 5.74) is -0.293. The maximum absolute atomic E-state index is 14.5. The Kier molecular flexibility index (Phi) is 8.16. The molecule has 28 heavy (non-hydrogen) atoms. The van der Waals surface area contributed by atoms with Crippen LogP contribution in [0.4, 0.5) is 14.5 Å². The molecular formula is C20H24ClF2NO2S2. The SMILES string of the molecule is CC(C)SCCCC(C)N(c1cc(F)ccc1F)S(=O)(=O)c1ccc(Cl)cc1. The number of hydrogen-bond acceptors (Lipinski definition) is 3. The molecule has 0 radical (unpaired) electrons. The van der Waals surface area contributed by atoms with Crippen molar-refractivity contribution < 1.29 is 17.2 Å². The van der Waals surface area contributed by atoms with Crippen LogP contribution in [0.5, 0.6) is 0 Å². The Bertz CT molecular complexity index is 890. The van der Waals surface area contributed by atoms with Crippen LogP contribution in [0.2, 0.25) is 5.02 Å². The Morgan fingerprint density at radius 1 is 1.07 bits per heavy atom. The fourth-order valence-electron chi connectivity index (χ4n) is 2.79. The van der Waals surface area contributed by atoms with Crippen LogP contribution < -0.4 is 4.31 Å². The van der Waals surface area contributed by atoms with E-state index in [4.69, 9.17) is 11.6 Å². The number of rotatable bonds is 9. The van der Waals surface area contributed by atoms with Crippen molar-refractivity contribution in [2.45, 2.75) is 49.8 Å². The average Bonchev–Trinajstić information content (AvgIpc) is 2.62. The number of sulfonamides is 1. The molecule has 0 saturated heterocycles. The van der Waals surface area contributed by atoms with Crippen LogP contribution in [0.15, 0.2) is 47.4 Å². The summed E-state index contributed by atoms with van der Waals surface area (Å²) in [6.07, 6.45) is 1.27. The summed E-state index contributed by atoms with van der Waals surface area (Å²) < 4.78 is 55.8. The molecule has 0 aromatic heterocycles. The zero-order valence-electron chi connectivity index (χ0n) is 16.0. The molecule has 2 aromatic rings. The third-order valence-corrected chi connectivity index (χ3v) is 7.52. The summed E-state index contributed by atoms with van der Waals surface area (Å²) in [5, 5.41) is 0.867. The van der Waals surface area contributed by atoms with Gasteiger partial charge in [-0.05, 0) is 67.2 Å². The predicted octanol–water partition coefficient (Wildman–Crippen LogP) is 6.12. The summed E-state index contributed by atoms with van der Waals surface area (Å²) in [5.74, 6) is -0.625. The van der Waals surface area contributed by atoms with Gasteiger partial charge < -0.3 is 0 Å². The van der Waals surface area contributed by atoms with Gasteiger partial charge in [-0.2, -0.15) is 11.8 Å². The molecule has 3 nitrogen and oxygen atoms in total. The third-order valence-electron chi connectivity index (χ3n) is 4.13. The van der Waals surface area contributed by atoms with Gasteiger partial charge in [-0.25, -0.2) is 17.2 Å². The van der Waals surface area contributed by atoms with E-state index in [1.165, 1.54) is 24.3 Å². The first-order chi connectivity index (χ1) is 13.1. The summed E-state index contributed by atoms with van der Waals surface area (Å²) in [7, 11) is -4.10. The lowest BCUT2D eigenvalue weighted by Gasteiger charge is -2.31. The average molecular weight is 448 g/mol. The molecule has 0 fully saturated rings. The van der Waals surface area contributed by atoms with Crippen molar-refractivity contribution in [3.8, 4) is 0 Å². The molecule has 0 aliphatic heterocycles. The van der Waals surface area contributed by atoms with Gasteiger partial charge in [0.25, 0.3) is 10.0 Å². The van der Waals surface area contributed by atoms with Crippen molar-refractivity contribution in [1.29, 1.82) is 0 Å². The monoisotopic (exact) mass is 447 g/mol. The quantitative estimate of drug-likeness (QED) is 0.434. The Morgan fingerprint density at radius 2 is 1.71 bits per heavy atom. The fourth-order valence-corrected chi connectivity index (χ4v) is 5.41. The van der Waals surface area contributed by atoms with Gasteiger partial charge in [0.2, 0.25) is 0 Å². The van der Waals surface area contributed by atoms with Crippen molar-refractivity contribution in [2.24, 2.45) is 0 Å². The fraction of sp³-hybridized carbons (Fsp3) is 0.400. The number of nitrogens with zero attached hydrogens (tertiary/aromatic N) is 1. The highest BCUT2D eigenvalue weighted by molar-refractivity contribution is 7.99. The first-order valence-electron chi connectivity index (χ1n) is 8.99. The van der Waals surface area contributed by atoms with Gasteiger partial charge in [-0.15, -0.1) is 0 Å². The maximum atomic E-state index is 14.5. The van der Waals surface area contributed by atoms with Crippen LogP contribution in [0.3, 0.4) is 0 Å². The second kappa shape index (κ2) is 9.94. The smallest absolute Gasteiger partial charge is 0.260 e. The van der Waals surface area contributed by atoms with Crippen molar-refractivity contribution in [3.63, 3.8) is 0 Å². The minimum Gasteiger partial charge on any atom is -0.260 e. The first-order valence-corrected chi connectivity index (χ1v) is 11.9. The van der Waals surface area contributed by atoms with Crippen molar-refractivity contribution in [1.82, 2.24) is 0 Å². The zero-order valence-corrected chi connectivity index (χ0v) is 18.4. The predicted molar refractivity (Wildman–Crippen MR) is 114 cm³/mol. The lowest BCUT2D eigenvalue weighted by Crippen LogP contribution is -2.39. The van der Waals surface area contributed by atoms with Crippen LogP contribution in [-0.2, 0) is 10.0 Å². The van der Waals surface area contributed by atoms with Gasteiger partial charge in [-0.1, -0.05) is 25.4 Å². The lowest BCUT2D eigenvalue weighted by molar-refractivity contribution is 0.556. The van der Waals surface area contributed by atoms with Gasteiger partial charge >= 0.3 is 0 Å². The molecule has 0 saturated carbocycles. The topological polar surface area (TPSA) is 37.4 Å². The molecule has 0 spiro atoms. The first kappa shape index (κ1) is 23.0. The third kappa shape index (κ3) is 5.84. The molecule has 0 amide bonds. The maximum Gasteiger partial charge on any atom is 0.264 e. The number of thioether (sulfide) groups is 1. The minimum atomic E-state index is -4.10.